The Kier molecular flexibility index (Phi) is 6.86. The van der Waals surface area contributed by atoms with Crippen molar-refractivity contribution < 1.29 is 9.53 Å². The third-order valence-electron chi connectivity index (χ3n) is 5.25. The molecule has 1 aromatic carbocycles. The monoisotopic (exact) mass is 437 g/mol. The molecule has 1 aliphatic rings. The van der Waals surface area contributed by atoms with Gasteiger partial charge in [-0.1, -0.05) is 18.7 Å². The van der Waals surface area contributed by atoms with Crippen molar-refractivity contribution in [3.05, 3.63) is 48.8 Å². The lowest BCUT2D eigenvalue weighted by Crippen LogP contribution is -2.35. The van der Waals surface area contributed by atoms with Crippen molar-refractivity contribution in [1.82, 2.24) is 24.6 Å². The summed E-state index contributed by atoms with van der Waals surface area (Å²) in [5.41, 5.74) is 1.83. The second-order valence-electron chi connectivity index (χ2n) is 7.65. The highest BCUT2D eigenvalue weighted by molar-refractivity contribution is 7.99. The van der Waals surface area contributed by atoms with E-state index in [1.165, 1.54) is 24.6 Å². The van der Waals surface area contributed by atoms with E-state index in [1.807, 2.05) is 45.9 Å². The predicted molar refractivity (Wildman–Crippen MR) is 121 cm³/mol. The van der Waals surface area contributed by atoms with Crippen LogP contribution in [0, 0.1) is 5.92 Å². The second-order valence-corrected chi connectivity index (χ2v) is 8.59. The van der Waals surface area contributed by atoms with Gasteiger partial charge in [-0.05, 0) is 61.6 Å². The number of methoxy groups -OCH3 is 1. The van der Waals surface area contributed by atoms with E-state index in [1.54, 1.807) is 19.5 Å². The van der Waals surface area contributed by atoms with E-state index in [0.717, 1.165) is 36.5 Å². The maximum absolute atomic E-state index is 12.9. The minimum Gasteiger partial charge on any atom is -0.497 e. The first-order chi connectivity index (χ1) is 15.2. The zero-order valence-electron chi connectivity index (χ0n) is 17.9. The molecular weight excluding hydrogens is 410 g/mol. The van der Waals surface area contributed by atoms with E-state index in [0.29, 0.717) is 22.7 Å². The third-order valence-corrected chi connectivity index (χ3v) is 6.16. The normalized spacial score (nSPS) is 13.2. The highest BCUT2D eigenvalue weighted by atomic mass is 32.2. The Labute approximate surface area is 186 Å². The van der Waals surface area contributed by atoms with Crippen LogP contribution in [0.4, 0.5) is 0 Å². The van der Waals surface area contributed by atoms with E-state index in [4.69, 9.17) is 4.74 Å². The number of aromatic nitrogens is 4. The number of hydrogen-bond donors (Lipinski definition) is 0. The van der Waals surface area contributed by atoms with Gasteiger partial charge in [-0.2, -0.15) is 0 Å². The zero-order valence-corrected chi connectivity index (χ0v) is 18.7. The molecule has 1 amide bonds. The molecule has 8 heteroatoms. The van der Waals surface area contributed by atoms with Crippen LogP contribution in [0.15, 0.2) is 53.9 Å². The average Bonchev–Trinajstić information content (AvgIpc) is 3.53. The van der Waals surface area contributed by atoms with Crippen molar-refractivity contribution in [2.24, 2.45) is 5.92 Å². The lowest BCUT2D eigenvalue weighted by molar-refractivity contribution is -0.128. The number of rotatable bonds is 10. The number of carbonyl (C=O) groups excluding carboxylic acids is 1. The molecule has 31 heavy (non-hydrogen) atoms. The van der Waals surface area contributed by atoms with Crippen molar-refractivity contribution in [3.63, 3.8) is 0 Å². The molecule has 1 aliphatic carbocycles. The summed E-state index contributed by atoms with van der Waals surface area (Å²) in [6, 6.07) is 11.6. The van der Waals surface area contributed by atoms with Gasteiger partial charge in [-0.15, -0.1) is 10.2 Å². The number of amides is 1. The van der Waals surface area contributed by atoms with Gasteiger partial charge < -0.3 is 9.64 Å². The molecule has 3 aromatic rings. The number of pyridine rings is 1. The Morgan fingerprint density at radius 3 is 2.55 bits per heavy atom. The number of nitrogens with zero attached hydrogens (tertiary/aromatic N) is 5. The fourth-order valence-corrected chi connectivity index (χ4v) is 4.29. The quantitative estimate of drug-likeness (QED) is 0.445. The maximum Gasteiger partial charge on any atom is 0.233 e. The molecule has 0 spiro atoms. The maximum atomic E-state index is 12.9. The molecule has 162 valence electrons. The lowest BCUT2D eigenvalue weighted by atomic mass is 10.2. The summed E-state index contributed by atoms with van der Waals surface area (Å²) in [6.07, 6.45) is 6.92. The Morgan fingerprint density at radius 1 is 1.16 bits per heavy atom. The van der Waals surface area contributed by atoms with Crippen LogP contribution in [0.5, 0.6) is 5.75 Å². The summed E-state index contributed by atoms with van der Waals surface area (Å²) in [4.78, 5) is 19.0. The minimum absolute atomic E-state index is 0.161. The van der Waals surface area contributed by atoms with Gasteiger partial charge in [0.2, 0.25) is 5.91 Å². The summed E-state index contributed by atoms with van der Waals surface area (Å²) >= 11 is 1.43. The smallest absolute Gasteiger partial charge is 0.233 e. The molecule has 0 N–H and O–H groups in total. The Morgan fingerprint density at radius 2 is 1.90 bits per heavy atom. The average molecular weight is 438 g/mol. The topological polar surface area (TPSA) is 73.1 Å². The van der Waals surface area contributed by atoms with Crippen LogP contribution in [0.25, 0.3) is 17.1 Å². The largest absolute Gasteiger partial charge is 0.497 e. The van der Waals surface area contributed by atoms with Crippen molar-refractivity contribution in [1.29, 1.82) is 0 Å². The molecule has 1 fully saturated rings. The minimum atomic E-state index is 0.161. The Bertz CT molecular complexity index is 1000. The lowest BCUT2D eigenvalue weighted by Gasteiger charge is -2.21. The highest BCUT2D eigenvalue weighted by Crippen LogP contribution is 2.31. The molecule has 0 unspecified atom stereocenters. The third kappa shape index (κ3) is 5.25. The van der Waals surface area contributed by atoms with Crippen LogP contribution in [0.3, 0.4) is 0 Å². The summed E-state index contributed by atoms with van der Waals surface area (Å²) in [5.74, 6) is 2.68. The van der Waals surface area contributed by atoms with Gasteiger partial charge in [0.1, 0.15) is 5.75 Å². The summed E-state index contributed by atoms with van der Waals surface area (Å²) in [5, 5.41) is 9.53. The molecule has 7 nitrogen and oxygen atoms in total. The molecule has 0 aliphatic heterocycles. The molecule has 2 aromatic heterocycles. The zero-order chi connectivity index (χ0) is 21.6. The van der Waals surface area contributed by atoms with Gasteiger partial charge in [-0.25, -0.2) is 0 Å². The van der Waals surface area contributed by atoms with Crippen molar-refractivity contribution >= 4 is 17.7 Å². The first-order valence-corrected chi connectivity index (χ1v) is 11.6. The van der Waals surface area contributed by atoms with E-state index >= 15 is 0 Å². The SMILES string of the molecule is CCCN(CC1CC1)C(=O)CSc1nnc(-c2ccncc2)n1-c1ccc(OC)cc1. The predicted octanol–water partition coefficient (Wildman–Crippen LogP) is 4.08. The first-order valence-electron chi connectivity index (χ1n) is 10.6. The first kappa shape index (κ1) is 21.4. The second kappa shape index (κ2) is 9.96. The van der Waals surface area contributed by atoms with Crippen LogP contribution < -0.4 is 4.74 Å². The van der Waals surface area contributed by atoms with Gasteiger partial charge in [-0.3, -0.25) is 14.3 Å². The van der Waals surface area contributed by atoms with Gasteiger partial charge in [0.05, 0.1) is 12.9 Å². The molecule has 0 bridgehead atoms. The van der Waals surface area contributed by atoms with Gasteiger partial charge >= 0.3 is 0 Å². The number of carbonyl (C=O) groups is 1. The fourth-order valence-electron chi connectivity index (χ4n) is 3.43. The van der Waals surface area contributed by atoms with E-state index < -0.39 is 0 Å². The van der Waals surface area contributed by atoms with Gasteiger partial charge in [0.25, 0.3) is 0 Å². The van der Waals surface area contributed by atoms with Crippen molar-refractivity contribution in [2.75, 3.05) is 26.0 Å². The number of hydrogen-bond acceptors (Lipinski definition) is 6. The van der Waals surface area contributed by atoms with Crippen LogP contribution in [-0.2, 0) is 4.79 Å². The molecule has 0 atom stereocenters. The van der Waals surface area contributed by atoms with Crippen LogP contribution in [0.1, 0.15) is 26.2 Å². The van der Waals surface area contributed by atoms with Gasteiger partial charge in [0, 0.05) is 36.7 Å². The molecule has 0 saturated heterocycles. The molecular formula is C23H27N5O2S. The van der Waals surface area contributed by atoms with Crippen LogP contribution >= 0.6 is 11.8 Å². The summed E-state index contributed by atoms with van der Waals surface area (Å²) in [6.45, 7) is 3.80. The number of benzene rings is 1. The van der Waals surface area contributed by atoms with Crippen molar-refractivity contribution in [3.8, 4) is 22.8 Å². The Balaban J connectivity index is 1.59. The molecule has 0 radical (unpaired) electrons. The Hall–Kier alpha value is -2.87. The van der Waals surface area contributed by atoms with Crippen molar-refractivity contribution in [2.45, 2.75) is 31.3 Å². The van der Waals surface area contributed by atoms with E-state index in [9.17, 15) is 4.79 Å². The standard InChI is InChI=1S/C23H27N5O2S/c1-3-14-27(15-17-4-5-17)21(29)16-31-23-26-25-22(18-10-12-24-13-11-18)28(23)19-6-8-20(30-2)9-7-19/h6-13,17H,3-5,14-16H2,1-2H3. The van der Waals surface area contributed by atoms with E-state index in [-0.39, 0.29) is 5.91 Å². The fraction of sp³-hybridized carbons (Fsp3) is 0.391. The van der Waals surface area contributed by atoms with E-state index in [2.05, 4.69) is 22.1 Å². The van der Waals surface area contributed by atoms with Gasteiger partial charge in [0.15, 0.2) is 11.0 Å². The summed E-state index contributed by atoms with van der Waals surface area (Å²) in [7, 11) is 1.65. The number of ether oxygens (including phenoxy) is 1. The number of thioether (sulfide) groups is 1. The summed E-state index contributed by atoms with van der Waals surface area (Å²) < 4.78 is 7.28. The highest BCUT2D eigenvalue weighted by Gasteiger charge is 2.27. The molecule has 4 rings (SSSR count). The molecule has 1 saturated carbocycles. The van der Waals surface area contributed by atoms with Crippen LogP contribution in [-0.4, -0.2) is 56.5 Å². The van der Waals surface area contributed by atoms with Crippen LogP contribution in [0.2, 0.25) is 0 Å². The molecule has 2 heterocycles.